The van der Waals surface area contributed by atoms with Gasteiger partial charge in [-0.15, -0.1) is 0 Å². The van der Waals surface area contributed by atoms with E-state index >= 15 is 0 Å². The first-order valence-corrected chi connectivity index (χ1v) is 4.64. The average molecular weight is 267 g/mol. The fourth-order valence-electron chi connectivity index (χ4n) is 0. The average Bonchev–Trinajstić information content (AvgIpc) is 0.722. The minimum atomic E-state index is -3.11. The third-order valence-electron chi connectivity index (χ3n) is 0. The van der Waals surface area contributed by atoms with E-state index in [0.29, 0.717) is 0 Å². The van der Waals surface area contributed by atoms with E-state index < -0.39 is 5.69 Å². The zero-order chi connectivity index (χ0) is 4.50. The molecule has 0 saturated heterocycles. The largest absolute Gasteiger partial charge is 0.338 e. The van der Waals surface area contributed by atoms with E-state index in [9.17, 15) is 0 Å². The zero-order valence-electron chi connectivity index (χ0n) is 2.90. The first-order valence-electron chi connectivity index (χ1n) is 0.783. The molecule has 0 heterocycles. The van der Waals surface area contributed by atoms with Gasteiger partial charge in [-0.25, -0.2) is 0 Å². The van der Waals surface area contributed by atoms with Gasteiger partial charge >= 0.3 is 0 Å². The summed E-state index contributed by atoms with van der Waals surface area (Å²) in [6, 6.07) is 0. The van der Waals surface area contributed by atoms with Crippen molar-refractivity contribution in [1.82, 2.24) is 0 Å². The summed E-state index contributed by atoms with van der Waals surface area (Å²) in [6.45, 7) is 0. The van der Waals surface area contributed by atoms with Crippen molar-refractivity contribution in [2.45, 2.75) is 0 Å². The van der Waals surface area contributed by atoms with Crippen molar-refractivity contribution < 1.29 is 9.79 Å². The molecule has 0 aliphatic carbocycles. The molecule has 2 N–H and O–H groups in total. The smallest absolute Gasteiger partial charge is 0.239 e. The van der Waals surface area contributed by atoms with Crippen molar-refractivity contribution in [3.63, 3.8) is 0 Å². The molecule has 34 valence electrons. The molecule has 0 aromatic rings. The van der Waals surface area contributed by atoms with Crippen LogP contribution >= 0.6 is 17.9 Å². The third-order valence-corrected chi connectivity index (χ3v) is 0. The van der Waals surface area contributed by atoms with E-state index in [2.05, 4.69) is 24.1 Å². The number of rotatable bonds is 0. The Hall–Kier alpha value is 2.49. The molecule has 0 atom stereocenters. The molecule has 0 amide bonds. The summed E-state index contributed by atoms with van der Waals surface area (Å²) in [7, 11) is 0. The number of thiol groups is 1. The SMILES string of the molecule is OP(O)(=S)S.[Ba]. The van der Waals surface area contributed by atoms with Crippen LogP contribution in [0.1, 0.15) is 0 Å². The van der Waals surface area contributed by atoms with Gasteiger partial charge in [0.05, 0.1) is 0 Å². The molecule has 0 rings (SSSR count). The summed E-state index contributed by atoms with van der Waals surface area (Å²) in [6.07, 6.45) is 0. The Morgan fingerprint density at radius 3 is 1.50 bits per heavy atom. The normalized spacial score (nSPS) is 9.83. The van der Waals surface area contributed by atoms with Crippen molar-refractivity contribution in [2.24, 2.45) is 0 Å². The summed E-state index contributed by atoms with van der Waals surface area (Å²) in [5, 5.41) is 0. The molecule has 0 spiro atoms. The van der Waals surface area contributed by atoms with Gasteiger partial charge in [0.1, 0.15) is 0 Å². The van der Waals surface area contributed by atoms with Crippen molar-refractivity contribution in [3.8, 4) is 0 Å². The summed E-state index contributed by atoms with van der Waals surface area (Å²) in [5.41, 5.74) is -3.11. The van der Waals surface area contributed by atoms with Crippen LogP contribution < -0.4 is 0 Å². The minimum Gasteiger partial charge on any atom is -0.338 e. The first kappa shape index (κ1) is 11.3. The monoisotopic (exact) mass is 268 g/mol. The third kappa shape index (κ3) is 31.5. The van der Waals surface area contributed by atoms with Crippen LogP contribution in [0.3, 0.4) is 0 Å². The van der Waals surface area contributed by atoms with Crippen LogP contribution in [0.5, 0.6) is 0 Å². The molecule has 0 aliphatic rings. The zero-order valence-corrected chi connectivity index (χ0v) is 9.95. The van der Waals surface area contributed by atoms with Gasteiger partial charge in [0.15, 0.2) is 0 Å². The van der Waals surface area contributed by atoms with Crippen LogP contribution in [-0.4, -0.2) is 58.7 Å². The van der Waals surface area contributed by atoms with Crippen molar-refractivity contribution in [2.75, 3.05) is 0 Å². The van der Waals surface area contributed by atoms with Crippen LogP contribution in [0.25, 0.3) is 0 Å². The Balaban J connectivity index is 0. The van der Waals surface area contributed by atoms with Crippen LogP contribution in [-0.2, 0) is 11.8 Å². The van der Waals surface area contributed by atoms with Gasteiger partial charge in [0.25, 0.3) is 0 Å². The van der Waals surface area contributed by atoms with E-state index in [1.54, 1.807) is 0 Å². The molecular formula is H3BaO2PS2. The van der Waals surface area contributed by atoms with E-state index in [0.717, 1.165) is 0 Å². The molecule has 0 unspecified atom stereocenters. The Morgan fingerprint density at radius 2 is 1.50 bits per heavy atom. The van der Waals surface area contributed by atoms with E-state index in [4.69, 9.17) is 9.79 Å². The summed E-state index contributed by atoms with van der Waals surface area (Å²) >= 11 is 7.07. The number of hydrogen-bond acceptors (Lipinski definition) is 1. The molecule has 6 heteroatoms. The standard InChI is InChI=1S/Ba.H3O2PS2/c;1-3(2,4)5/h;(H3,1,2,4,5). The second kappa shape index (κ2) is 4.38. The summed E-state index contributed by atoms with van der Waals surface area (Å²) in [4.78, 5) is 15.7. The molecule has 0 fully saturated rings. The first-order chi connectivity index (χ1) is 2.00. The predicted octanol–water partition coefficient (Wildman–Crippen LogP) is -0.256. The predicted molar refractivity (Wildman–Crippen MR) is 33.5 cm³/mol. The maximum Gasteiger partial charge on any atom is 0.239 e. The summed E-state index contributed by atoms with van der Waals surface area (Å²) < 4.78 is 0. The Morgan fingerprint density at radius 1 is 1.50 bits per heavy atom. The van der Waals surface area contributed by atoms with E-state index in [-0.39, 0.29) is 48.9 Å². The maximum atomic E-state index is 7.87. The van der Waals surface area contributed by atoms with E-state index in [1.807, 2.05) is 0 Å². The molecule has 2 nitrogen and oxygen atoms in total. The fraction of sp³-hybridized carbons (Fsp3) is 0. The Labute approximate surface area is 86.7 Å². The van der Waals surface area contributed by atoms with Crippen molar-refractivity contribution in [1.29, 1.82) is 0 Å². The van der Waals surface area contributed by atoms with Crippen LogP contribution in [0.2, 0.25) is 0 Å². The van der Waals surface area contributed by atoms with Gasteiger partial charge in [0, 0.05) is 48.9 Å². The number of hydrogen-bond donors (Lipinski definition) is 3. The van der Waals surface area contributed by atoms with Crippen LogP contribution in [0, 0.1) is 0 Å². The van der Waals surface area contributed by atoms with E-state index in [1.165, 1.54) is 0 Å². The van der Waals surface area contributed by atoms with Gasteiger partial charge in [-0.3, -0.25) is 0 Å². The molecule has 0 aromatic heterocycles. The van der Waals surface area contributed by atoms with Gasteiger partial charge in [-0.2, -0.15) is 0 Å². The maximum absolute atomic E-state index is 7.87. The van der Waals surface area contributed by atoms with Crippen LogP contribution in [0.15, 0.2) is 0 Å². The van der Waals surface area contributed by atoms with Gasteiger partial charge < -0.3 is 9.79 Å². The van der Waals surface area contributed by atoms with Crippen LogP contribution in [0.4, 0.5) is 0 Å². The Kier molecular flexibility index (Phi) is 8.25. The van der Waals surface area contributed by atoms with Crippen molar-refractivity contribution >= 4 is 78.6 Å². The summed E-state index contributed by atoms with van der Waals surface area (Å²) in [5.74, 6) is 0. The topological polar surface area (TPSA) is 40.5 Å². The Bertz CT molecular complexity index is 57.7. The van der Waals surface area contributed by atoms with Crippen molar-refractivity contribution in [3.05, 3.63) is 0 Å². The molecular weight excluding hydrogens is 264 g/mol. The molecule has 0 bridgehead atoms. The molecule has 0 aromatic carbocycles. The molecule has 0 aliphatic heterocycles. The minimum absolute atomic E-state index is 0. The molecule has 0 saturated carbocycles. The quantitative estimate of drug-likeness (QED) is 0.322. The second-order valence-electron chi connectivity index (χ2n) is 0.513. The fourth-order valence-corrected chi connectivity index (χ4v) is 0. The van der Waals surface area contributed by atoms with Gasteiger partial charge in [0.2, 0.25) is 5.69 Å². The molecule has 2 radical (unpaired) electrons. The second-order valence-corrected chi connectivity index (χ2v) is 5.55. The molecule has 6 heavy (non-hydrogen) atoms. The van der Waals surface area contributed by atoms with Gasteiger partial charge in [-0.1, -0.05) is 12.2 Å². The van der Waals surface area contributed by atoms with Gasteiger partial charge in [-0.05, 0) is 11.8 Å².